The quantitative estimate of drug-likeness (QED) is 0.760. The summed E-state index contributed by atoms with van der Waals surface area (Å²) in [5.41, 5.74) is 1.40. The number of piperazine rings is 1. The van der Waals surface area contributed by atoms with Gasteiger partial charge in [-0.1, -0.05) is 0 Å². The van der Waals surface area contributed by atoms with E-state index in [9.17, 15) is 4.79 Å². The number of hydrogen-bond acceptors (Lipinski definition) is 5. The van der Waals surface area contributed by atoms with E-state index in [1.807, 2.05) is 13.0 Å². The van der Waals surface area contributed by atoms with E-state index in [4.69, 9.17) is 4.74 Å². The molecule has 2 rings (SSSR count). The van der Waals surface area contributed by atoms with Crippen molar-refractivity contribution >= 4 is 11.8 Å². The van der Waals surface area contributed by atoms with Crippen LogP contribution in [0.25, 0.3) is 0 Å². The van der Waals surface area contributed by atoms with Crippen molar-refractivity contribution in [2.75, 3.05) is 38.2 Å². The number of aromatic nitrogens is 1. The number of ether oxygens (including phenoxy) is 1. The molecule has 0 atom stereocenters. The van der Waals surface area contributed by atoms with Crippen molar-refractivity contribution in [1.82, 2.24) is 10.3 Å². The predicted molar refractivity (Wildman–Crippen MR) is 65.4 cm³/mol. The number of hydrogen-bond donors (Lipinski definition) is 1. The van der Waals surface area contributed by atoms with E-state index in [2.05, 4.69) is 15.2 Å². The van der Waals surface area contributed by atoms with Gasteiger partial charge in [0.15, 0.2) is 5.69 Å². The van der Waals surface area contributed by atoms with Gasteiger partial charge < -0.3 is 15.0 Å². The Hall–Kier alpha value is -1.62. The number of methoxy groups -OCH3 is 1. The molecule has 1 aromatic heterocycles. The number of pyridine rings is 1. The molecule has 1 aliphatic rings. The molecule has 0 aliphatic carbocycles. The van der Waals surface area contributed by atoms with Crippen molar-refractivity contribution in [1.29, 1.82) is 0 Å². The average Bonchev–Trinajstić information content (AvgIpc) is 2.38. The largest absolute Gasteiger partial charge is 0.464 e. The summed E-state index contributed by atoms with van der Waals surface area (Å²) in [5.74, 6) is 0.469. The number of rotatable bonds is 2. The van der Waals surface area contributed by atoms with Gasteiger partial charge in [0.2, 0.25) is 0 Å². The zero-order valence-corrected chi connectivity index (χ0v) is 10.2. The zero-order chi connectivity index (χ0) is 12.3. The van der Waals surface area contributed by atoms with Gasteiger partial charge in [-0.25, -0.2) is 9.78 Å². The number of aryl methyl sites for hydroxylation is 1. The minimum atomic E-state index is -0.384. The van der Waals surface area contributed by atoms with Gasteiger partial charge in [-0.3, -0.25) is 0 Å². The molecule has 0 unspecified atom stereocenters. The van der Waals surface area contributed by atoms with E-state index in [0.717, 1.165) is 37.6 Å². The molecule has 1 saturated heterocycles. The van der Waals surface area contributed by atoms with E-state index in [-0.39, 0.29) is 5.97 Å². The molecular formula is C12H17N3O2. The van der Waals surface area contributed by atoms with Crippen molar-refractivity contribution in [3.8, 4) is 0 Å². The topological polar surface area (TPSA) is 54.5 Å². The van der Waals surface area contributed by atoms with Gasteiger partial charge >= 0.3 is 5.97 Å². The highest BCUT2D eigenvalue weighted by Crippen LogP contribution is 2.15. The van der Waals surface area contributed by atoms with Crippen LogP contribution in [-0.2, 0) is 4.74 Å². The predicted octanol–water partition coefficient (Wildman–Crippen LogP) is 0.586. The Labute approximate surface area is 101 Å². The minimum absolute atomic E-state index is 0.376. The third-order valence-corrected chi connectivity index (χ3v) is 2.79. The molecule has 1 N–H and O–H groups in total. The van der Waals surface area contributed by atoms with Gasteiger partial charge in [-0.2, -0.15) is 0 Å². The molecule has 0 spiro atoms. The number of carbonyl (C=O) groups is 1. The minimum Gasteiger partial charge on any atom is -0.464 e. The summed E-state index contributed by atoms with van der Waals surface area (Å²) in [5, 5.41) is 3.29. The fourth-order valence-corrected chi connectivity index (χ4v) is 1.91. The number of nitrogens with one attached hydrogen (secondary N) is 1. The van der Waals surface area contributed by atoms with Crippen LogP contribution in [-0.4, -0.2) is 44.2 Å². The highest BCUT2D eigenvalue weighted by atomic mass is 16.5. The van der Waals surface area contributed by atoms with Crippen LogP contribution in [0.5, 0.6) is 0 Å². The number of nitrogens with zero attached hydrogens (tertiary/aromatic N) is 2. The Bertz CT molecular complexity index is 414. The molecular weight excluding hydrogens is 218 g/mol. The standard InChI is InChI=1S/C12H17N3O2/c1-9-7-10(12(16)17-2)14-11(8-9)15-5-3-13-4-6-15/h7-8,13H,3-6H2,1-2H3. The molecule has 1 aromatic rings. The summed E-state index contributed by atoms with van der Waals surface area (Å²) >= 11 is 0. The lowest BCUT2D eigenvalue weighted by Gasteiger charge is -2.28. The van der Waals surface area contributed by atoms with Gasteiger partial charge in [-0.05, 0) is 24.6 Å². The first kappa shape index (κ1) is 11.9. The molecule has 0 aromatic carbocycles. The summed E-state index contributed by atoms with van der Waals surface area (Å²) in [6.45, 7) is 5.68. The monoisotopic (exact) mass is 235 g/mol. The molecule has 92 valence electrons. The van der Waals surface area contributed by atoms with Crippen LogP contribution in [0, 0.1) is 6.92 Å². The van der Waals surface area contributed by atoms with Gasteiger partial charge in [0.1, 0.15) is 5.82 Å². The first-order valence-electron chi connectivity index (χ1n) is 5.73. The molecule has 0 saturated carbocycles. The Kier molecular flexibility index (Phi) is 3.58. The maximum Gasteiger partial charge on any atom is 0.356 e. The molecule has 5 heteroatoms. The van der Waals surface area contributed by atoms with Crippen LogP contribution in [0.4, 0.5) is 5.82 Å². The summed E-state index contributed by atoms with van der Waals surface area (Å²) in [6.07, 6.45) is 0. The second-order valence-electron chi connectivity index (χ2n) is 4.12. The highest BCUT2D eigenvalue weighted by molar-refractivity contribution is 5.87. The van der Waals surface area contributed by atoms with Crippen molar-refractivity contribution < 1.29 is 9.53 Å². The van der Waals surface area contributed by atoms with Gasteiger partial charge in [0.05, 0.1) is 7.11 Å². The maximum absolute atomic E-state index is 11.5. The number of esters is 1. The van der Waals surface area contributed by atoms with Crippen LogP contribution >= 0.6 is 0 Å². The summed E-state index contributed by atoms with van der Waals surface area (Å²) in [7, 11) is 1.37. The summed E-state index contributed by atoms with van der Waals surface area (Å²) in [4.78, 5) is 18.0. The van der Waals surface area contributed by atoms with Gasteiger partial charge in [0.25, 0.3) is 0 Å². The second kappa shape index (κ2) is 5.14. The summed E-state index contributed by atoms with van der Waals surface area (Å²) in [6, 6.07) is 3.75. The van der Waals surface area contributed by atoms with Gasteiger partial charge in [-0.15, -0.1) is 0 Å². The maximum atomic E-state index is 11.5. The lowest BCUT2D eigenvalue weighted by Crippen LogP contribution is -2.44. The Balaban J connectivity index is 2.27. The van der Waals surface area contributed by atoms with Crippen LogP contribution in [0.3, 0.4) is 0 Å². The fraction of sp³-hybridized carbons (Fsp3) is 0.500. The molecule has 5 nitrogen and oxygen atoms in total. The van der Waals surface area contributed by atoms with E-state index < -0.39 is 0 Å². The SMILES string of the molecule is COC(=O)c1cc(C)cc(N2CCNCC2)n1. The molecule has 0 bridgehead atoms. The molecule has 1 aliphatic heterocycles. The van der Waals surface area contributed by atoms with E-state index >= 15 is 0 Å². The van der Waals surface area contributed by atoms with E-state index in [1.54, 1.807) is 6.07 Å². The fourth-order valence-electron chi connectivity index (χ4n) is 1.91. The normalized spacial score (nSPS) is 15.8. The van der Waals surface area contributed by atoms with Crippen LogP contribution < -0.4 is 10.2 Å². The first-order chi connectivity index (χ1) is 8.20. The third kappa shape index (κ3) is 2.74. The molecule has 1 fully saturated rings. The van der Waals surface area contributed by atoms with Crippen molar-refractivity contribution in [3.05, 3.63) is 23.4 Å². The van der Waals surface area contributed by atoms with Crippen molar-refractivity contribution in [3.63, 3.8) is 0 Å². The van der Waals surface area contributed by atoms with Crippen LogP contribution in [0.15, 0.2) is 12.1 Å². The van der Waals surface area contributed by atoms with E-state index in [0.29, 0.717) is 5.69 Å². The highest BCUT2D eigenvalue weighted by Gasteiger charge is 2.15. The second-order valence-corrected chi connectivity index (χ2v) is 4.12. The molecule has 2 heterocycles. The molecule has 0 radical (unpaired) electrons. The van der Waals surface area contributed by atoms with Gasteiger partial charge in [0, 0.05) is 26.2 Å². The molecule has 0 amide bonds. The smallest absolute Gasteiger partial charge is 0.356 e. The molecule has 17 heavy (non-hydrogen) atoms. The van der Waals surface area contributed by atoms with Crippen molar-refractivity contribution in [2.24, 2.45) is 0 Å². The Morgan fingerprint density at radius 3 is 2.76 bits per heavy atom. The zero-order valence-electron chi connectivity index (χ0n) is 10.2. The lowest BCUT2D eigenvalue weighted by molar-refractivity contribution is 0.0594. The van der Waals surface area contributed by atoms with Crippen LogP contribution in [0.2, 0.25) is 0 Å². The van der Waals surface area contributed by atoms with E-state index in [1.165, 1.54) is 7.11 Å². The first-order valence-corrected chi connectivity index (χ1v) is 5.73. The number of anilines is 1. The average molecular weight is 235 g/mol. The third-order valence-electron chi connectivity index (χ3n) is 2.79. The lowest BCUT2D eigenvalue weighted by atomic mass is 10.2. The Morgan fingerprint density at radius 1 is 1.41 bits per heavy atom. The van der Waals surface area contributed by atoms with Crippen LogP contribution in [0.1, 0.15) is 16.1 Å². The Morgan fingerprint density at radius 2 is 2.12 bits per heavy atom. The summed E-state index contributed by atoms with van der Waals surface area (Å²) < 4.78 is 4.70. The van der Waals surface area contributed by atoms with Crippen molar-refractivity contribution in [2.45, 2.75) is 6.92 Å². The number of carbonyl (C=O) groups excluding carboxylic acids is 1.